The summed E-state index contributed by atoms with van der Waals surface area (Å²) in [6, 6.07) is 9.17. The molecular formula is C23H34N6O. The van der Waals surface area contributed by atoms with Crippen LogP contribution in [0.3, 0.4) is 0 Å². The van der Waals surface area contributed by atoms with Gasteiger partial charge in [0, 0.05) is 57.5 Å². The largest absolute Gasteiger partial charge is 0.364 e. The Morgan fingerprint density at radius 2 is 1.77 bits per heavy atom. The number of guanidine groups is 1. The van der Waals surface area contributed by atoms with E-state index in [9.17, 15) is 4.79 Å². The average Bonchev–Trinajstić information content (AvgIpc) is 3.40. The van der Waals surface area contributed by atoms with Crippen LogP contribution in [0.15, 0.2) is 41.4 Å². The van der Waals surface area contributed by atoms with Crippen LogP contribution in [0.5, 0.6) is 0 Å². The Morgan fingerprint density at radius 1 is 1.07 bits per heavy atom. The fraction of sp³-hybridized carbons (Fsp3) is 0.565. The van der Waals surface area contributed by atoms with Gasteiger partial charge in [-0.1, -0.05) is 24.3 Å². The second-order valence-corrected chi connectivity index (χ2v) is 8.32. The normalized spacial score (nSPS) is 20.0. The number of anilines is 1. The summed E-state index contributed by atoms with van der Waals surface area (Å²) < 4.78 is 0. The molecule has 0 radical (unpaired) electrons. The first-order valence-corrected chi connectivity index (χ1v) is 11.2. The van der Waals surface area contributed by atoms with Crippen LogP contribution in [0, 0.1) is 0 Å². The number of hydrogen-bond acceptors (Lipinski definition) is 4. The zero-order chi connectivity index (χ0) is 20.8. The van der Waals surface area contributed by atoms with E-state index in [4.69, 9.17) is 4.99 Å². The van der Waals surface area contributed by atoms with Crippen LogP contribution in [0.4, 0.5) is 5.69 Å². The molecule has 0 atom stereocenters. The Morgan fingerprint density at radius 3 is 2.40 bits per heavy atom. The molecule has 0 spiro atoms. The molecule has 3 aliphatic rings. The first kappa shape index (κ1) is 20.7. The Labute approximate surface area is 179 Å². The van der Waals surface area contributed by atoms with Gasteiger partial charge >= 0.3 is 0 Å². The SMILES string of the molecule is CCNC(=NCc1ccc(N2CC=CC2)cc1)N1CCN(CC(=O)NC2CC2)CC1. The molecule has 1 amide bonds. The van der Waals surface area contributed by atoms with E-state index in [1.807, 2.05) is 0 Å². The molecular weight excluding hydrogens is 376 g/mol. The Hall–Kier alpha value is -2.54. The topological polar surface area (TPSA) is 63.2 Å². The molecule has 1 saturated carbocycles. The van der Waals surface area contributed by atoms with Crippen molar-refractivity contribution in [1.82, 2.24) is 20.4 Å². The summed E-state index contributed by atoms with van der Waals surface area (Å²) in [4.78, 5) is 23.8. The zero-order valence-corrected chi connectivity index (χ0v) is 18.0. The van der Waals surface area contributed by atoms with E-state index in [0.29, 0.717) is 19.1 Å². The fourth-order valence-corrected chi connectivity index (χ4v) is 3.91. The van der Waals surface area contributed by atoms with E-state index in [-0.39, 0.29) is 5.91 Å². The summed E-state index contributed by atoms with van der Waals surface area (Å²) in [6.07, 6.45) is 6.70. The molecule has 2 heterocycles. The van der Waals surface area contributed by atoms with Crippen molar-refractivity contribution >= 4 is 17.6 Å². The molecule has 4 rings (SSSR count). The number of aliphatic imine (C=N–C) groups is 1. The maximum Gasteiger partial charge on any atom is 0.234 e. The number of nitrogens with zero attached hydrogens (tertiary/aromatic N) is 4. The van der Waals surface area contributed by atoms with Crippen LogP contribution in [-0.4, -0.2) is 80.1 Å². The molecule has 1 saturated heterocycles. The molecule has 7 heteroatoms. The Balaban J connectivity index is 1.27. The summed E-state index contributed by atoms with van der Waals surface area (Å²) in [6.45, 7) is 9.69. The molecule has 2 fully saturated rings. The third kappa shape index (κ3) is 5.75. The van der Waals surface area contributed by atoms with Gasteiger partial charge in [-0.3, -0.25) is 9.69 Å². The standard InChI is InChI=1S/C23H34N6O/c1-2-24-23(25-17-19-5-9-21(10-6-19)28-11-3-4-12-28)29-15-13-27(14-16-29)18-22(30)26-20-7-8-20/h3-6,9-10,20H,2,7-8,11-18H2,1H3,(H,24,25)(H,26,30). The number of carbonyl (C=O) groups is 1. The van der Waals surface area contributed by atoms with Crippen LogP contribution >= 0.6 is 0 Å². The van der Waals surface area contributed by atoms with Crippen LogP contribution < -0.4 is 15.5 Å². The van der Waals surface area contributed by atoms with Crippen molar-refractivity contribution in [3.05, 3.63) is 42.0 Å². The highest BCUT2D eigenvalue weighted by molar-refractivity contribution is 5.80. The molecule has 2 aliphatic heterocycles. The highest BCUT2D eigenvalue weighted by Crippen LogP contribution is 2.19. The molecule has 30 heavy (non-hydrogen) atoms. The smallest absolute Gasteiger partial charge is 0.234 e. The quantitative estimate of drug-likeness (QED) is 0.405. The lowest BCUT2D eigenvalue weighted by molar-refractivity contribution is -0.122. The van der Waals surface area contributed by atoms with Gasteiger partial charge in [0.05, 0.1) is 13.1 Å². The number of benzene rings is 1. The molecule has 0 aromatic heterocycles. The molecule has 2 N–H and O–H groups in total. The van der Waals surface area contributed by atoms with Crippen molar-refractivity contribution in [2.24, 2.45) is 4.99 Å². The molecule has 1 aromatic rings. The van der Waals surface area contributed by atoms with Crippen LogP contribution in [0.2, 0.25) is 0 Å². The van der Waals surface area contributed by atoms with E-state index >= 15 is 0 Å². The van der Waals surface area contributed by atoms with Gasteiger partial charge in [-0.25, -0.2) is 4.99 Å². The van der Waals surface area contributed by atoms with E-state index < -0.39 is 0 Å². The summed E-state index contributed by atoms with van der Waals surface area (Å²) in [5, 5.41) is 6.51. The molecule has 0 unspecified atom stereocenters. The highest BCUT2D eigenvalue weighted by atomic mass is 16.2. The summed E-state index contributed by atoms with van der Waals surface area (Å²) >= 11 is 0. The van der Waals surface area contributed by atoms with Crippen molar-refractivity contribution in [2.75, 3.05) is 57.3 Å². The number of amides is 1. The first-order chi connectivity index (χ1) is 14.7. The van der Waals surface area contributed by atoms with Crippen LogP contribution in [0.25, 0.3) is 0 Å². The second-order valence-electron chi connectivity index (χ2n) is 8.32. The number of piperazine rings is 1. The van der Waals surface area contributed by atoms with Gasteiger partial charge in [0.25, 0.3) is 0 Å². The second kappa shape index (κ2) is 9.98. The molecule has 162 valence electrons. The first-order valence-electron chi connectivity index (χ1n) is 11.2. The van der Waals surface area contributed by atoms with E-state index in [2.05, 4.69) is 68.7 Å². The predicted molar refractivity (Wildman–Crippen MR) is 122 cm³/mol. The number of carbonyl (C=O) groups excluding carboxylic acids is 1. The lowest BCUT2D eigenvalue weighted by Gasteiger charge is -2.36. The lowest BCUT2D eigenvalue weighted by atomic mass is 10.2. The average molecular weight is 411 g/mol. The minimum atomic E-state index is 0.166. The molecule has 7 nitrogen and oxygen atoms in total. The summed E-state index contributed by atoms with van der Waals surface area (Å²) in [7, 11) is 0. The minimum absolute atomic E-state index is 0.166. The highest BCUT2D eigenvalue weighted by Gasteiger charge is 2.25. The number of nitrogens with one attached hydrogen (secondary N) is 2. The van der Waals surface area contributed by atoms with E-state index in [1.165, 1.54) is 11.3 Å². The minimum Gasteiger partial charge on any atom is -0.364 e. The molecule has 1 aromatic carbocycles. The predicted octanol–water partition coefficient (Wildman–Crippen LogP) is 1.42. The Bertz CT molecular complexity index is 754. The van der Waals surface area contributed by atoms with Gasteiger partial charge in [-0.05, 0) is 37.5 Å². The maximum absolute atomic E-state index is 12.0. The van der Waals surface area contributed by atoms with Gasteiger partial charge in [-0.15, -0.1) is 0 Å². The number of rotatable bonds is 7. The lowest BCUT2D eigenvalue weighted by Crippen LogP contribution is -2.54. The van der Waals surface area contributed by atoms with E-state index in [0.717, 1.165) is 64.6 Å². The van der Waals surface area contributed by atoms with Gasteiger partial charge in [-0.2, -0.15) is 0 Å². The third-order valence-corrected chi connectivity index (χ3v) is 5.85. The monoisotopic (exact) mass is 410 g/mol. The zero-order valence-electron chi connectivity index (χ0n) is 18.0. The van der Waals surface area contributed by atoms with Crippen molar-refractivity contribution in [3.63, 3.8) is 0 Å². The summed E-state index contributed by atoms with van der Waals surface area (Å²) in [5.41, 5.74) is 2.48. The van der Waals surface area contributed by atoms with Gasteiger partial charge < -0.3 is 20.4 Å². The fourth-order valence-electron chi connectivity index (χ4n) is 3.91. The van der Waals surface area contributed by atoms with Crippen molar-refractivity contribution in [3.8, 4) is 0 Å². The van der Waals surface area contributed by atoms with Gasteiger partial charge in [0.2, 0.25) is 5.91 Å². The molecule has 0 bridgehead atoms. The van der Waals surface area contributed by atoms with Crippen LogP contribution in [-0.2, 0) is 11.3 Å². The van der Waals surface area contributed by atoms with Gasteiger partial charge in [0.1, 0.15) is 0 Å². The van der Waals surface area contributed by atoms with Crippen molar-refractivity contribution < 1.29 is 4.79 Å². The van der Waals surface area contributed by atoms with Gasteiger partial charge in [0.15, 0.2) is 5.96 Å². The summed E-state index contributed by atoms with van der Waals surface area (Å²) in [5.74, 6) is 1.13. The van der Waals surface area contributed by atoms with Crippen molar-refractivity contribution in [1.29, 1.82) is 0 Å². The van der Waals surface area contributed by atoms with E-state index in [1.54, 1.807) is 0 Å². The maximum atomic E-state index is 12.0. The Kier molecular flexibility index (Phi) is 6.89. The number of hydrogen-bond donors (Lipinski definition) is 2. The third-order valence-electron chi connectivity index (χ3n) is 5.85. The molecule has 1 aliphatic carbocycles. The van der Waals surface area contributed by atoms with Crippen LogP contribution in [0.1, 0.15) is 25.3 Å². The van der Waals surface area contributed by atoms with Crippen molar-refractivity contribution in [2.45, 2.75) is 32.4 Å².